The van der Waals surface area contributed by atoms with Crippen molar-refractivity contribution in [1.29, 1.82) is 0 Å². The Bertz CT molecular complexity index is 741. The van der Waals surface area contributed by atoms with E-state index in [-0.39, 0.29) is 24.5 Å². The van der Waals surface area contributed by atoms with Crippen LogP contribution in [0.15, 0.2) is 35.3 Å². The van der Waals surface area contributed by atoms with Gasteiger partial charge in [0.2, 0.25) is 0 Å². The highest BCUT2D eigenvalue weighted by Gasteiger charge is 2.05. The van der Waals surface area contributed by atoms with Crippen molar-refractivity contribution in [3.63, 3.8) is 0 Å². The van der Waals surface area contributed by atoms with Crippen molar-refractivity contribution in [3.05, 3.63) is 63.3 Å². The van der Waals surface area contributed by atoms with Crippen molar-refractivity contribution in [2.45, 2.75) is 13.5 Å². The molecule has 0 aliphatic heterocycles. The van der Waals surface area contributed by atoms with Gasteiger partial charge in [0.05, 0.1) is 19.3 Å². The summed E-state index contributed by atoms with van der Waals surface area (Å²) < 4.78 is 14.6. The number of aryl methyl sites for hydroxylation is 1. The fourth-order valence-electron chi connectivity index (χ4n) is 1.75. The molecule has 20 heavy (non-hydrogen) atoms. The van der Waals surface area contributed by atoms with Crippen LogP contribution in [0.2, 0.25) is 0 Å². The van der Waals surface area contributed by atoms with E-state index in [0.29, 0.717) is 5.56 Å². The lowest BCUT2D eigenvalue weighted by Crippen LogP contribution is -2.23. The maximum absolute atomic E-state index is 13.3. The van der Waals surface area contributed by atoms with Crippen LogP contribution in [-0.2, 0) is 6.54 Å². The summed E-state index contributed by atoms with van der Waals surface area (Å²) in [5.74, 6) is 5.12. The van der Waals surface area contributed by atoms with Crippen LogP contribution in [0, 0.1) is 24.6 Å². The predicted octanol–water partition coefficient (Wildman–Crippen LogP) is 1.05. The van der Waals surface area contributed by atoms with Gasteiger partial charge in [-0.05, 0) is 30.2 Å². The van der Waals surface area contributed by atoms with Gasteiger partial charge in [0, 0.05) is 11.6 Å². The molecule has 1 aromatic heterocycles. The number of rotatable bonds is 2. The Morgan fingerprint density at radius 3 is 2.90 bits per heavy atom. The SMILES string of the molecule is Cc1cnn(Cc2ccc(F)cc2C#CCN)c(=O)c1. The summed E-state index contributed by atoms with van der Waals surface area (Å²) in [6.45, 7) is 2.24. The predicted molar refractivity (Wildman–Crippen MR) is 74.7 cm³/mol. The molecule has 5 heteroatoms. The Labute approximate surface area is 116 Å². The Balaban J connectivity index is 2.40. The molecular weight excluding hydrogens is 257 g/mol. The average molecular weight is 271 g/mol. The van der Waals surface area contributed by atoms with E-state index in [1.54, 1.807) is 19.2 Å². The second-order valence-electron chi connectivity index (χ2n) is 4.34. The molecule has 2 rings (SSSR count). The van der Waals surface area contributed by atoms with Gasteiger partial charge in [0.25, 0.3) is 5.56 Å². The van der Waals surface area contributed by atoms with Crippen LogP contribution in [0.25, 0.3) is 0 Å². The standard InChI is InChI=1S/C15H14FN3O/c1-11-7-15(20)19(18-9-11)10-13-4-5-14(16)8-12(13)3-2-6-17/h4-5,7-9H,6,10,17H2,1H3. The van der Waals surface area contributed by atoms with E-state index in [9.17, 15) is 9.18 Å². The molecule has 0 atom stereocenters. The second-order valence-corrected chi connectivity index (χ2v) is 4.34. The van der Waals surface area contributed by atoms with Crippen LogP contribution < -0.4 is 11.3 Å². The maximum atomic E-state index is 13.3. The van der Waals surface area contributed by atoms with Gasteiger partial charge in [-0.3, -0.25) is 4.79 Å². The third-order valence-corrected chi connectivity index (χ3v) is 2.72. The summed E-state index contributed by atoms with van der Waals surface area (Å²) >= 11 is 0. The van der Waals surface area contributed by atoms with Gasteiger partial charge in [-0.25, -0.2) is 9.07 Å². The molecule has 1 heterocycles. The van der Waals surface area contributed by atoms with Gasteiger partial charge in [0.15, 0.2) is 0 Å². The van der Waals surface area contributed by atoms with Crippen LogP contribution in [0.3, 0.4) is 0 Å². The lowest BCUT2D eigenvalue weighted by atomic mass is 10.1. The first-order chi connectivity index (χ1) is 9.60. The Kier molecular flexibility index (Phi) is 4.28. The highest BCUT2D eigenvalue weighted by Crippen LogP contribution is 2.11. The summed E-state index contributed by atoms with van der Waals surface area (Å²) in [7, 11) is 0. The van der Waals surface area contributed by atoms with Gasteiger partial charge in [0.1, 0.15) is 5.82 Å². The van der Waals surface area contributed by atoms with Gasteiger partial charge >= 0.3 is 0 Å². The first-order valence-corrected chi connectivity index (χ1v) is 6.11. The number of aromatic nitrogens is 2. The van der Waals surface area contributed by atoms with E-state index >= 15 is 0 Å². The molecule has 0 fully saturated rings. The minimum atomic E-state index is -0.376. The molecule has 0 saturated carbocycles. The zero-order valence-electron chi connectivity index (χ0n) is 11.1. The van der Waals surface area contributed by atoms with E-state index in [1.165, 1.54) is 22.9 Å². The monoisotopic (exact) mass is 271 g/mol. The van der Waals surface area contributed by atoms with Crippen molar-refractivity contribution in [1.82, 2.24) is 9.78 Å². The highest BCUT2D eigenvalue weighted by molar-refractivity contribution is 5.42. The summed E-state index contributed by atoms with van der Waals surface area (Å²) in [4.78, 5) is 11.8. The number of hydrogen-bond acceptors (Lipinski definition) is 3. The lowest BCUT2D eigenvalue weighted by Gasteiger charge is -2.07. The Morgan fingerprint density at radius 1 is 1.40 bits per heavy atom. The topological polar surface area (TPSA) is 60.9 Å². The van der Waals surface area contributed by atoms with Crippen molar-refractivity contribution >= 4 is 0 Å². The van der Waals surface area contributed by atoms with E-state index in [0.717, 1.165) is 11.1 Å². The summed E-state index contributed by atoms with van der Waals surface area (Å²) in [6.07, 6.45) is 1.61. The fraction of sp³-hybridized carbons (Fsp3) is 0.200. The minimum absolute atomic E-state index is 0.193. The largest absolute Gasteiger partial charge is 0.320 e. The molecule has 0 radical (unpaired) electrons. The fourth-order valence-corrected chi connectivity index (χ4v) is 1.75. The molecule has 0 bridgehead atoms. The molecule has 0 unspecified atom stereocenters. The third-order valence-electron chi connectivity index (χ3n) is 2.72. The van der Waals surface area contributed by atoms with Crippen molar-refractivity contribution in [2.24, 2.45) is 5.73 Å². The van der Waals surface area contributed by atoms with E-state index in [2.05, 4.69) is 16.9 Å². The first-order valence-electron chi connectivity index (χ1n) is 6.11. The number of hydrogen-bond donors (Lipinski definition) is 1. The summed E-state index contributed by atoms with van der Waals surface area (Å²) in [5, 5.41) is 4.05. The Morgan fingerprint density at radius 2 is 2.20 bits per heavy atom. The van der Waals surface area contributed by atoms with E-state index in [4.69, 9.17) is 5.73 Å². The molecule has 102 valence electrons. The highest BCUT2D eigenvalue weighted by atomic mass is 19.1. The van der Waals surface area contributed by atoms with Crippen molar-refractivity contribution < 1.29 is 4.39 Å². The van der Waals surface area contributed by atoms with Crippen LogP contribution in [0.5, 0.6) is 0 Å². The van der Waals surface area contributed by atoms with Gasteiger partial charge in [-0.2, -0.15) is 5.10 Å². The van der Waals surface area contributed by atoms with Crippen molar-refractivity contribution in [3.8, 4) is 11.8 Å². The molecule has 2 N–H and O–H groups in total. The third kappa shape index (κ3) is 3.31. The van der Waals surface area contributed by atoms with Gasteiger partial charge in [-0.1, -0.05) is 17.9 Å². The molecule has 0 aliphatic carbocycles. The van der Waals surface area contributed by atoms with E-state index in [1.807, 2.05) is 0 Å². The molecule has 0 amide bonds. The molecule has 0 saturated heterocycles. The zero-order chi connectivity index (χ0) is 14.5. The molecule has 1 aromatic carbocycles. The number of nitrogens with zero attached hydrogens (tertiary/aromatic N) is 2. The van der Waals surface area contributed by atoms with Gasteiger partial charge in [-0.15, -0.1) is 0 Å². The van der Waals surface area contributed by atoms with Crippen LogP contribution in [0.1, 0.15) is 16.7 Å². The summed E-state index contributed by atoms with van der Waals surface area (Å²) in [6, 6.07) is 5.77. The average Bonchev–Trinajstić information content (AvgIpc) is 2.41. The molecule has 0 aliphatic rings. The molecule has 2 aromatic rings. The number of nitrogens with two attached hydrogens (primary N) is 1. The molecular formula is C15H14FN3O. The quantitative estimate of drug-likeness (QED) is 0.830. The van der Waals surface area contributed by atoms with Crippen LogP contribution in [0.4, 0.5) is 4.39 Å². The van der Waals surface area contributed by atoms with Crippen molar-refractivity contribution in [2.75, 3.05) is 6.54 Å². The smallest absolute Gasteiger partial charge is 0.267 e. The first kappa shape index (κ1) is 14.0. The van der Waals surface area contributed by atoms with E-state index < -0.39 is 0 Å². The van der Waals surface area contributed by atoms with Crippen LogP contribution >= 0.6 is 0 Å². The minimum Gasteiger partial charge on any atom is -0.320 e. The lowest BCUT2D eigenvalue weighted by molar-refractivity contribution is 0.617. The second kappa shape index (κ2) is 6.13. The molecule has 0 spiro atoms. The number of benzene rings is 1. The normalized spacial score (nSPS) is 9.95. The molecule has 4 nitrogen and oxygen atoms in total. The van der Waals surface area contributed by atoms with Gasteiger partial charge < -0.3 is 5.73 Å². The number of halogens is 1. The Hall–Kier alpha value is -2.45. The maximum Gasteiger partial charge on any atom is 0.267 e. The zero-order valence-corrected chi connectivity index (χ0v) is 11.1. The summed E-state index contributed by atoms with van der Waals surface area (Å²) in [5.41, 5.74) is 7.17. The van der Waals surface area contributed by atoms with Crippen LogP contribution in [-0.4, -0.2) is 16.3 Å².